The van der Waals surface area contributed by atoms with Crippen LogP contribution in [0.4, 0.5) is 0 Å². The molecule has 0 saturated heterocycles. The van der Waals surface area contributed by atoms with Crippen molar-refractivity contribution in [3.05, 3.63) is 52.8 Å². The van der Waals surface area contributed by atoms with Gasteiger partial charge in [0.2, 0.25) is 0 Å². The highest BCUT2D eigenvalue weighted by Gasteiger charge is 2.34. The maximum absolute atomic E-state index is 11.8. The summed E-state index contributed by atoms with van der Waals surface area (Å²) >= 11 is 0. The molecule has 0 amide bonds. The van der Waals surface area contributed by atoms with Gasteiger partial charge in [-0.1, -0.05) is 38.8 Å². The zero-order valence-corrected chi connectivity index (χ0v) is 15.0. The molecule has 0 aliphatic heterocycles. The Morgan fingerprint density at radius 2 is 1.83 bits per heavy atom. The summed E-state index contributed by atoms with van der Waals surface area (Å²) in [4.78, 5) is 15.1. The van der Waals surface area contributed by atoms with E-state index < -0.39 is 0 Å². The predicted octanol–water partition coefficient (Wildman–Crippen LogP) is 4.70. The standard InChI is InChI=1S/C20H27NO3/c1-5-11-20(12-6-2,15-7-9-17(22)14(3)13-15)18-10-8-16(21-18)19(23)24-4/h7-10,13,21-22H,5-6,11-12H2,1-4H3. The number of carbonyl (C=O) groups excluding carboxylic acids is 1. The van der Waals surface area contributed by atoms with Gasteiger partial charge in [-0.05, 0) is 49.1 Å². The van der Waals surface area contributed by atoms with E-state index in [2.05, 4.69) is 24.9 Å². The van der Waals surface area contributed by atoms with Crippen molar-refractivity contribution in [1.29, 1.82) is 0 Å². The van der Waals surface area contributed by atoms with Crippen molar-refractivity contribution in [2.45, 2.75) is 51.9 Å². The van der Waals surface area contributed by atoms with Gasteiger partial charge < -0.3 is 14.8 Å². The summed E-state index contributed by atoms with van der Waals surface area (Å²) in [6.07, 6.45) is 3.97. The molecule has 130 valence electrons. The van der Waals surface area contributed by atoms with E-state index in [9.17, 15) is 9.90 Å². The van der Waals surface area contributed by atoms with Crippen LogP contribution >= 0.6 is 0 Å². The Morgan fingerprint density at radius 1 is 1.17 bits per heavy atom. The van der Waals surface area contributed by atoms with Crippen LogP contribution in [0.1, 0.15) is 66.8 Å². The minimum Gasteiger partial charge on any atom is -0.508 e. The summed E-state index contributed by atoms with van der Waals surface area (Å²) in [5.74, 6) is -0.0487. The topological polar surface area (TPSA) is 62.3 Å². The maximum atomic E-state index is 11.8. The second-order valence-corrected chi connectivity index (χ2v) is 6.36. The average Bonchev–Trinajstić information content (AvgIpc) is 3.06. The molecule has 2 aromatic rings. The largest absolute Gasteiger partial charge is 0.508 e. The molecule has 0 radical (unpaired) electrons. The van der Waals surface area contributed by atoms with Crippen LogP contribution in [-0.2, 0) is 10.2 Å². The van der Waals surface area contributed by atoms with E-state index >= 15 is 0 Å². The zero-order chi connectivity index (χ0) is 17.7. The number of rotatable bonds is 7. The molecule has 1 aromatic carbocycles. The first-order valence-corrected chi connectivity index (χ1v) is 8.56. The normalized spacial score (nSPS) is 11.5. The highest BCUT2D eigenvalue weighted by molar-refractivity contribution is 5.87. The number of carbonyl (C=O) groups is 1. The number of aromatic nitrogens is 1. The summed E-state index contributed by atoms with van der Waals surface area (Å²) in [5, 5.41) is 9.88. The van der Waals surface area contributed by atoms with Crippen LogP contribution in [0.15, 0.2) is 30.3 Å². The van der Waals surface area contributed by atoms with E-state index in [1.54, 1.807) is 12.1 Å². The lowest BCUT2D eigenvalue weighted by Gasteiger charge is -2.34. The number of H-pyrrole nitrogens is 1. The number of aryl methyl sites for hydroxylation is 1. The van der Waals surface area contributed by atoms with Gasteiger partial charge in [0, 0.05) is 11.1 Å². The Labute approximate surface area is 143 Å². The van der Waals surface area contributed by atoms with Gasteiger partial charge in [-0.25, -0.2) is 4.79 Å². The van der Waals surface area contributed by atoms with E-state index in [1.807, 2.05) is 19.1 Å². The van der Waals surface area contributed by atoms with Gasteiger partial charge >= 0.3 is 5.97 Å². The van der Waals surface area contributed by atoms with E-state index in [0.29, 0.717) is 11.4 Å². The summed E-state index contributed by atoms with van der Waals surface area (Å²) < 4.78 is 4.82. The molecular formula is C20H27NO3. The first-order valence-electron chi connectivity index (χ1n) is 8.56. The number of benzene rings is 1. The molecule has 2 rings (SSSR count). The maximum Gasteiger partial charge on any atom is 0.354 e. The second-order valence-electron chi connectivity index (χ2n) is 6.36. The summed E-state index contributed by atoms with van der Waals surface area (Å²) in [7, 11) is 1.39. The Kier molecular flexibility index (Phi) is 5.71. The quantitative estimate of drug-likeness (QED) is 0.724. The predicted molar refractivity (Wildman–Crippen MR) is 95.6 cm³/mol. The fourth-order valence-electron chi connectivity index (χ4n) is 3.55. The Morgan fingerprint density at radius 3 is 2.38 bits per heavy atom. The van der Waals surface area contributed by atoms with Crippen LogP contribution in [0.5, 0.6) is 5.75 Å². The monoisotopic (exact) mass is 329 g/mol. The number of hydrogen-bond donors (Lipinski definition) is 2. The molecule has 0 fully saturated rings. The van der Waals surface area contributed by atoms with Gasteiger partial charge in [-0.3, -0.25) is 0 Å². The number of hydrogen-bond acceptors (Lipinski definition) is 3. The van der Waals surface area contributed by atoms with Crippen molar-refractivity contribution in [2.75, 3.05) is 7.11 Å². The van der Waals surface area contributed by atoms with Gasteiger partial charge in [-0.15, -0.1) is 0 Å². The van der Waals surface area contributed by atoms with E-state index in [-0.39, 0.29) is 11.4 Å². The summed E-state index contributed by atoms with van der Waals surface area (Å²) in [6, 6.07) is 9.58. The molecule has 2 N–H and O–H groups in total. The minimum absolute atomic E-state index is 0.200. The molecule has 0 aliphatic carbocycles. The highest BCUT2D eigenvalue weighted by Crippen LogP contribution is 2.41. The highest BCUT2D eigenvalue weighted by atomic mass is 16.5. The molecule has 0 aliphatic rings. The van der Waals surface area contributed by atoms with Crippen LogP contribution in [0.2, 0.25) is 0 Å². The third-order valence-corrected chi connectivity index (χ3v) is 4.71. The zero-order valence-electron chi connectivity index (χ0n) is 15.0. The molecule has 0 unspecified atom stereocenters. The number of aromatic amines is 1. The van der Waals surface area contributed by atoms with Crippen LogP contribution in [0.3, 0.4) is 0 Å². The third kappa shape index (κ3) is 3.32. The molecule has 4 nitrogen and oxygen atoms in total. The average molecular weight is 329 g/mol. The van der Waals surface area contributed by atoms with Crippen molar-refractivity contribution in [1.82, 2.24) is 4.98 Å². The lowest BCUT2D eigenvalue weighted by Crippen LogP contribution is -2.28. The van der Waals surface area contributed by atoms with Crippen LogP contribution in [0.25, 0.3) is 0 Å². The van der Waals surface area contributed by atoms with Crippen LogP contribution in [-0.4, -0.2) is 23.2 Å². The molecule has 1 aromatic heterocycles. The molecule has 0 bridgehead atoms. The van der Waals surface area contributed by atoms with E-state index in [1.165, 1.54) is 12.7 Å². The summed E-state index contributed by atoms with van der Waals surface area (Å²) in [5.41, 5.74) is 3.33. The minimum atomic E-state index is -0.356. The van der Waals surface area contributed by atoms with Crippen LogP contribution in [0, 0.1) is 6.92 Å². The Balaban J connectivity index is 2.59. The van der Waals surface area contributed by atoms with Crippen molar-refractivity contribution in [3.63, 3.8) is 0 Å². The smallest absolute Gasteiger partial charge is 0.354 e. The van der Waals surface area contributed by atoms with Crippen LogP contribution < -0.4 is 0 Å². The van der Waals surface area contributed by atoms with Gasteiger partial charge in [0.05, 0.1) is 7.11 Å². The number of nitrogens with one attached hydrogen (secondary N) is 1. The van der Waals surface area contributed by atoms with Crippen molar-refractivity contribution in [2.24, 2.45) is 0 Å². The summed E-state index contributed by atoms with van der Waals surface area (Å²) in [6.45, 7) is 6.25. The lowest BCUT2D eigenvalue weighted by molar-refractivity contribution is 0.0594. The van der Waals surface area contributed by atoms with Gasteiger partial charge in [0.1, 0.15) is 11.4 Å². The first kappa shape index (κ1) is 18.1. The molecule has 0 saturated carbocycles. The SMILES string of the molecule is CCCC(CCC)(c1ccc(O)c(C)c1)c1ccc(C(=O)OC)[nH]1. The van der Waals surface area contributed by atoms with Gasteiger partial charge in [-0.2, -0.15) is 0 Å². The number of esters is 1. The molecule has 24 heavy (non-hydrogen) atoms. The van der Waals surface area contributed by atoms with Crippen molar-refractivity contribution in [3.8, 4) is 5.75 Å². The Bertz CT molecular complexity index is 697. The fraction of sp³-hybridized carbons (Fsp3) is 0.450. The fourth-order valence-corrected chi connectivity index (χ4v) is 3.55. The Hall–Kier alpha value is -2.23. The molecular weight excluding hydrogens is 302 g/mol. The van der Waals surface area contributed by atoms with Crippen molar-refractivity contribution < 1.29 is 14.6 Å². The lowest BCUT2D eigenvalue weighted by atomic mass is 9.70. The number of ether oxygens (including phenoxy) is 1. The second kappa shape index (κ2) is 7.56. The number of phenols is 1. The molecule has 0 atom stereocenters. The van der Waals surface area contributed by atoms with Crippen molar-refractivity contribution >= 4 is 5.97 Å². The molecule has 1 heterocycles. The molecule has 0 spiro atoms. The number of aromatic hydroxyl groups is 1. The van der Waals surface area contributed by atoms with Gasteiger partial charge in [0.25, 0.3) is 0 Å². The molecule has 4 heteroatoms. The number of methoxy groups -OCH3 is 1. The third-order valence-electron chi connectivity index (χ3n) is 4.71. The number of phenolic OH excluding ortho intramolecular Hbond substituents is 1. The van der Waals surface area contributed by atoms with Gasteiger partial charge in [0.15, 0.2) is 0 Å². The first-order chi connectivity index (χ1) is 11.5. The van der Waals surface area contributed by atoms with E-state index in [0.717, 1.165) is 36.9 Å². The van der Waals surface area contributed by atoms with E-state index in [4.69, 9.17) is 4.74 Å².